The third-order valence-electron chi connectivity index (χ3n) is 1.78. The van der Waals surface area contributed by atoms with Gasteiger partial charge in [-0.1, -0.05) is 15.9 Å². The van der Waals surface area contributed by atoms with E-state index in [0.717, 1.165) is 15.7 Å². The molecule has 0 aliphatic carbocycles. The van der Waals surface area contributed by atoms with Crippen LogP contribution in [0.4, 0.5) is 5.69 Å². The number of aryl methyl sites for hydroxylation is 1. The second-order valence-electron chi connectivity index (χ2n) is 3.04. The van der Waals surface area contributed by atoms with E-state index in [9.17, 15) is 4.79 Å². The molecule has 1 aromatic rings. The van der Waals surface area contributed by atoms with Gasteiger partial charge < -0.3 is 10.6 Å². The lowest BCUT2D eigenvalue weighted by molar-refractivity contribution is -0.115. The van der Waals surface area contributed by atoms with Crippen molar-refractivity contribution >= 4 is 39.9 Å². The minimum atomic E-state index is -0.0331. The molecule has 0 spiro atoms. The van der Waals surface area contributed by atoms with Crippen LogP contribution in [-0.4, -0.2) is 19.5 Å². The molecule has 0 saturated carbocycles. The summed E-state index contributed by atoms with van der Waals surface area (Å²) in [6.45, 7) is 2.31. The second-order valence-corrected chi connectivity index (χ2v) is 3.90. The molecule has 3 nitrogen and oxygen atoms in total. The van der Waals surface area contributed by atoms with Crippen LogP contribution in [0.2, 0.25) is 0 Å². The Kier molecular flexibility index (Phi) is 6.56. The van der Waals surface area contributed by atoms with Crippen LogP contribution in [0.3, 0.4) is 0 Å². The van der Waals surface area contributed by atoms with E-state index in [1.165, 1.54) is 0 Å². The van der Waals surface area contributed by atoms with E-state index in [1.807, 2.05) is 25.1 Å². The van der Waals surface area contributed by atoms with E-state index >= 15 is 0 Å². The topological polar surface area (TPSA) is 41.1 Å². The summed E-state index contributed by atoms with van der Waals surface area (Å²) in [5.41, 5.74) is 1.93. The molecule has 0 saturated heterocycles. The van der Waals surface area contributed by atoms with E-state index < -0.39 is 0 Å². The fourth-order valence-electron chi connectivity index (χ4n) is 1.09. The predicted molar refractivity (Wildman–Crippen MR) is 68.7 cm³/mol. The lowest BCUT2D eigenvalue weighted by Crippen LogP contribution is -2.25. The lowest BCUT2D eigenvalue weighted by Gasteiger charge is -2.06. The Bertz CT molecular complexity index is 344. The van der Waals surface area contributed by atoms with E-state index in [4.69, 9.17) is 0 Å². The van der Waals surface area contributed by atoms with Crippen molar-refractivity contribution in [3.8, 4) is 0 Å². The van der Waals surface area contributed by atoms with Gasteiger partial charge >= 0.3 is 0 Å². The molecule has 0 aliphatic rings. The molecule has 5 heteroatoms. The first-order valence-electron chi connectivity index (χ1n) is 4.34. The van der Waals surface area contributed by atoms with Crippen LogP contribution in [0.1, 0.15) is 5.56 Å². The zero-order valence-corrected chi connectivity index (χ0v) is 11.0. The van der Waals surface area contributed by atoms with Crippen LogP contribution >= 0.6 is 28.3 Å². The number of halogens is 2. The zero-order chi connectivity index (χ0) is 10.6. The molecule has 0 unspecified atom stereocenters. The van der Waals surface area contributed by atoms with Crippen LogP contribution in [0.15, 0.2) is 22.7 Å². The van der Waals surface area contributed by atoms with Crippen LogP contribution in [0, 0.1) is 6.92 Å². The standard InChI is InChI=1S/C10H13BrN2O.ClH/c1-7-5-8(3-4-9(7)11)13-10(14)6-12-2;/h3-5,12H,6H2,1-2H3,(H,13,14);1H. The summed E-state index contributed by atoms with van der Waals surface area (Å²) in [4.78, 5) is 11.2. The first-order chi connectivity index (χ1) is 6.63. The fraction of sp³-hybridized carbons (Fsp3) is 0.300. The van der Waals surface area contributed by atoms with Gasteiger partial charge in [0.1, 0.15) is 0 Å². The summed E-state index contributed by atoms with van der Waals surface area (Å²) in [7, 11) is 1.74. The molecular weight excluding hydrogens is 279 g/mol. The molecule has 1 aromatic carbocycles. The van der Waals surface area contributed by atoms with Crippen LogP contribution in [0.5, 0.6) is 0 Å². The summed E-state index contributed by atoms with van der Waals surface area (Å²) < 4.78 is 1.05. The molecular formula is C10H14BrClN2O. The number of carbonyl (C=O) groups is 1. The third kappa shape index (κ3) is 4.64. The fourth-order valence-corrected chi connectivity index (χ4v) is 1.33. The van der Waals surface area contributed by atoms with Crippen molar-refractivity contribution in [3.63, 3.8) is 0 Å². The zero-order valence-electron chi connectivity index (χ0n) is 8.63. The normalized spacial score (nSPS) is 9.27. The quantitative estimate of drug-likeness (QED) is 0.898. The molecule has 84 valence electrons. The van der Waals surface area contributed by atoms with Crippen molar-refractivity contribution in [1.29, 1.82) is 0 Å². The number of likely N-dealkylation sites (N-methyl/N-ethyl adjacent to an activating group) is 1. The van der Waals surface area contributed by atoms with Gasteiger partial charge in [0.2, 0.25) is 5.91 Å². The summed E-state index contributed by atoms with van der Waals surface area (Å²) >= 11 is 3.40. The molecule has 0 fully saturated rings. The highest BCUT2D eigenvalue weighted by Crippen LogP contribution is 2.19. The molecule has 1 rings (SSSR count). The number of hydrogen-bond acceptors (Lipinski definition) is 2. The molecule has 0 aliphatic heterocycles. The highest BCUT2D eigenvalue weighted by Gasteiger charge is 2.01. The number of benzene rings is 1. The summed E-state index contributed by atoms with van der Waals surface area (Å²) in [5, 5.41) is 5.58. The molecule has 2 N–H and O–H groups in total. The Morgan fingerprint density at radius 2 is 2.13 bits per heavy atom. The van der Waals surface area contributed by atoms with E-state index in [2.05, 4.69) is 26.6 Å². The van der Waals surface area contributed by atoms with Crippen molar-refractivity contribution in [3.05, 3.63) is 28.2 Å². The van der Waals surface area contributed by atoms with Gasteiger partial charge in [-0.15, -0.1) is 12.4 Å². The van der Waals surface area contributed by atoms with E-state index in [1.54, 1.807) is 7.05 Å². The van der Waals surface area contributed by atoms with Gasteiger partial charge in [-0.05, 0) is 37.7 Å². The number of amides is 1. The van der Waals surface area contributed by atoms with Gasteiger partial charge in [0, 0.05) is 10.2 Å². The van der Waals surface area contributed by atoms with Gasteiger partial charge in [0.25, 0.3) is 0 Å². The van der Waals surface area contributed by atoms with Gasteiger partial charge in [0.05, 0.1) is 6.54 Å². The maximum Gasteiger partial charge on any atom is 0.238 e. The Balaban J connectivity index is 0.00000196. The number of nitrogens with one attached hydrogen (secondary N) is 2. The SMILES string of the molecule is CNCC(=O)Nc1ccc(Br)c(C)c1.Cl. The van der Waals surface area contributed by atoms with E-state index in [-0.39, 0.29) is 18.3 Å². The Hall–Kier alpha value is -0.580. The van der Waals surface area contributed by atoms with Gasteiger partial charge in [-0.3, -0.25) is 4.79 Å². The summed E-state index contributed by atoms with van der Waals surface area (Å²) in [6.07, 6.45) is 0. The molecule has 1 amide bonds. The minimum Gasteiger partial charge on any atom is -0.325 e. The first kappa shape index (κ1) is 14.4. The minimum absolute atomic E-state index is 0. The third-order valence-corrected chi connectivity index (χ3v) is 2.67. The van der Waals surface area contributed by atoms with Crippen molar-refractivity contribution in [2.75, 3.05) is 18.9 Å². The molecule has 0 atom stereocenters. The summed E-state index contributed by atoms with van der Waals surface area (Å²) in [5.74, 6) is -0.0331. The van der Waals surface area contributed by atoms with Gasteiger partial charge in [0.15, 0.2) is 0 Å². The molecule has 0 heterocycles. The van der Waals surface area contributed by atoms with Crippen molar-refractivity contribution in [1.82, 2.24) is 5.32 Å². The van der Waals surface area contributed by atoms with Crippen LogP contribution in [0.25, 0.3) is 0 Å². The highest BCUT2D eigenvalue weighted by molar-refractivity contribution is 9.10. The maximum atomic E-state index is 11.2. The average molecular weight is 294 g/mol. The number of rotatable bonds is 3. The van der Waals surface area contributed by atoms with Crippen molar-refractivity contribution in [2.24, 2.45) is 0 Å². The maximum absolute atomic E-state index is 11.2. The smallest absolute Gasteiger partial charge is 0.238 e. The molecule has 0 aromatic heterocycles. The molecule has 0 bridgehead atoms. The highest BCUT2D eigenvalue weighted by atomic mass is 79.9. The van der Waals surface area contributed by atoms with E-state index in [0.29, 0.717) is 6.54 Å². The van der Waals surface area contributed by atoms with Crippen molar-refractivity contribution in [2.45, 2.75) is 6.92 Å². The predicted octanol–water partition coefficient (Wildman–Crippen LogP) is 2.34. The molecule has 15 heavy (non-hydrogen) atoms. The molecule has 0 radical (unpaired) electrons. The Labute approximate surface area is 104 Å². The number of anilines is 1. The van der Waals surface area contributed by atoms with Gasteiger partial charge in [-0.25, -0.2) is 0 Å². The second kappa shape index (κ2) is 6.82. The summed E-state index contributed by atoms with van der Waals surface area (Å²) in [6, 6.07) is 5.71. The average Bonchev–Trinajstić information content (AvgIpc) is 2.12. The Morgan fingerprint density at radius 1 is 1.47 bits per heavy atom. The Morgan fingerprint density at radius 3 is 2.67 bits per heavy atom. The van der Waals surface area contributed by atoms with Crippen molar-refractivity contribution < 1.29 is 4.79 Å². The van der Waals surface area contributed by atoms with Crippen LogP contribution < -0.4 is 10.6 Å². The van der Waals surface area contributed by atoms with Crippen LogP contribution in [-0.2, 0) is 4.79 Å². The van der Waals surface area contributed by atoms with Gasteiger partial charge in [-0.2, -0.15) is 0 Å². The first-order valence-corrected chi connectivity index (χ1v) is 5.13. The number of carbonyl (C=O) groups excluding carboxylic acids is 1. The lowest BCUT2D eigenvalue weighted by atomic mass is 10.2. The largest absolute Gasteiger partial charge is 0.325 e. The number of hydrogen-bond donors (Lipinski definition) is 2. The monoisotopic (exact) mass is 292 g/mol.